The maximum atomic E-state index is 12.4. The van der Waals surface area contributed by atoms with E-state index in [9.17, 15) is 4.79 Å². The van der Waals surface area contributed by atoms with E-state index in [1.165, 1.54) is 11.3 Å². The second-order valence-corrected chi connectivity index (χ2v) is 6.61. The second-order valence-electron chi connectivity index (χ2n) is 5.67. The molecule has 1 aromatic rings. The molecule has 0 aromatic carbocycles. The van der Waals surface area contributed by atoms with Gasteiger partial charge in [-0.2, -0.15) is 0 Å². The molecule has 2 N–H and O–H groups in total. The number of hydrogen-bond acceptors (Lipinski definition) is 5. The molecule has 106 valence electrons. The molecule has 1 aromatic heterocycles. The van der Waals surface area contributed by atoms with E-state index in [2.05, 4.69) is 18.8 Å². The first-order valence-corrected chi connectivity index (χ1v) is 7.30. The molecule has 1 fully saturated rings. The zero-order chi connectivity index (χ0) is 14.0. The third-order valence-electron chi connectivity index (χ3n) is 3.64. The molecule has 1 atom stereocenters. The van der Waals surface area contributed by atoms with Gasteiger partial charge in [-0.3, -0.25) is 4.79 Å². The van der Waals surface area contributed by atoms with E-state index < -0.39 is 0 Å². The van der Waals surface area contributed by atoms with Crippen LogP contribution in [-0.4, -0.2) is 42.0 Å². The molecular weight excluding hydrogens is 262 g/mol. The van der Waals surface area contributed by atoms with Crippen LogP contribution < -0.4 is 5.73 Å². The van der Waals surface area contributed by atoms with Crippen LogP contribution in [0.1, 0.15) is 35.8 Å². The lowest BCUT2D eigenvalue weighted by molar-refractivity contribution is 0.0527. The SMILES string of the molecule is COCc1nc(C(=O)N2CCC(N)C(C)(C)C2)cs1. The predicted octanol–water partition coefficient (Wildman–Crippen LogP) is 1.49. The number of hydrogen-bond donors (Lipinski definition) is 1. The molecule has 1 aliphatic heterocycles. The van der Waals surface area contributed by atoms with Gasteiger partial charge < -0.3 is 15.4 Å². The van der Waals surface area contributed by atoms with Crippen LogP contribution in [0, 0.1) is 5.41 Å². The number of carbonyl (C=O) groups excluding carboxylic acids is 1. The maximum absolute atomic E-state index is 12.4. The van der Waals surface area contributed by atoms with Gasteiger partial charge in [0.1, 0.15) is 10.7 Å². The van der Waals surface area contributed by atoms with Gasteiger partial charge in [0.25, 0.3) is 5.91 Å². The fourth-order valence-corrected chi connectivity index (χ4v) is 3.05. The number of aromatic nitrogens is 1. The van der Waals surface area contributed by atoms with Crippen molar-refractivity contribution in [3.8, 4) is 0 Å². The van der Waals surface area contributed by atoms with Crippen molar-refractivity contribution in [3.63, 3.8) is 0 Å². The molecule has 1 amide bonds. The average Bonchev–Trinajstić information content (AvgIpc) is 2.81. The molecule has 0 bridgehead atoms. The molecule has 2 heterocycles. The summed E-state index contributed by atoms with van der Waals surface area (Å²) in [7, 11) is 1.62. The minimum atomic E-state index is -0.0424. The van der Waals surface area contributed by atoms with E-state index in [0.717, 1.165) is 11.4 Å². The van der Waals surface area contributed by atoms with E-state index in [0.29, 0.717) is 25.4 Å². The van der Waals surface area contributed by atoms with Crippen molar-refractivity contribution in [1.82, 2.24) is 9.88 Å². The number of nitrogens with zero attached hydrogens (tertiary/aromatic N) is 2. The number of methoxy groups -OCH3 is 1. The summed E-state index contributed by atoms with van der Waals surface area (Å²) < 4.78 is 5.02. The molecule has 0 spiro atoms. The van der Waals surface area contributed by atoms with E-state index in [1.54, 1.807) is 12.5 Å². The van der Waals surface area contributed by atoms with Gasteiger partial charge >= 0.3 is 0 Å². The first kappa shape index (κ1) is 14.4. The second kappa shape index (κ2) is 5.56. The van der Waals surface area contributed by atoms with Crippen molar-refractivity contribution in [2.24, 2.45) is 11.1 Å². The van der Waals surface area contributed by atoms with Crippen LogP contribution in [0.4, 0.5) is 0 Å². The molecule has 19 heavy (non-hydrogen) atoms. The van der Waals surface area contributed by atoms with Gasteiger partial charge in [-0.15, -0.1) is 11.3 Å². The first-order chi connectivity index (χ1) is 8.94. The molecule has 5 nitrogen and oxygen atoms in total. The van der Waals surface area contributed by atoms with Crippen molar-refractivity contribution >= 4 is 17.2 Å². The highest BCUT2D eigenvalue weighted by Crippen LogP contribution is 2.28. The Morgan fingerprint density at radius 3 is 3.05 bits per heavy atom. The standard InChI is InChI=1S/C13H21N3O2S/c1-13(2)8-16(5-4-10(13)14)12(17)9-7-19-11(15-9)6-18-3/h7,10H,4-6,8,14H2,1-3H3. The summed E-state index contributed by atoms with van der Waals surface area (Å²) in [4.78, 5) is 18.6. The number of thiazole rings is 1. The van der Waals surface area contributed by atoms with Crippen molar-refractivity contribution in [1.29, 1.82) is 0 Å². The van der Waals surface area contributed by atoms with Gasteiger partial charge in [-0.1, -0.05) is 13.8 Å². The van der Waals surface area contributed by atoms with Gasteiger partial charge in [0.2, 0.25) is 0 Å². The molecular formula is C13H21N3O2S. The van der Waals surface area contributed by atoms with Crippen LogP contribution in [0.3, 0.4) is 0 Å². The molecule has 6 heteroatoms. The topological polar surface area (TPSA) is 68.5 Å². The number of likely N-dealkylation sites (tertiary alicyclic amines) is 1. The van der Waals surface area contributed by atoms with Crippen molar-refractivity contribution in [3.05, 3.63) is 16.1 Å². The lowest BCUT2D eigenvalue weighted by Crippen LogP contribution is -2.54. The highest BCUT2D eigenvalue weighted by molar-refractivity contribution is 7.09. The van der Waals surface area contributed by atoms with Crippen LogP contribution >= 0.6 is 11.3 Å². The number of piperidine rings is 1. The number of ether oxygens (including phenoxy) is 1. The fraction of sp³-hybridized carbons (Fsp3) is 0.692. The van der Waals surface area contributed by atoms with E-state index in [4.69, 9.17) is 10.5 Å². The predicted molar refractivity (Wildman–Crippen MR) is 75.1 cm³/mol. The van der Waals surface area contributed by atoms with Crippen molar-refractivity contribution in [2.75, 3.05) is 20.2 Å². The summed E-state index contributed by atoms with van der Waals surface area (Å²) in [5.41, 5.74) is 6.56. The van der Waals surface area contributed by atoms with Crippen molar-refractivity contribution in [2.45, 2.75) is 32.9 Å². The summed E-state index contributed by atoms with van der Waals surface area (Å²) in [6.45, 7) is 6.06. The van der Waals surface area contributed by atoms with E-state index in [-0.39, 0.29) is 17.4 Å². The van der Waals surface area contributed by atoms with Crippen LogP contribution in [-0.2, 0) is 11.3 Å². The number of rotatable bonds is 3. The molecule has 0 radical (unpaired) electrons. The number of amides is 1. The Morgan fingerprint density at radius 1 is 1.68 bits per heavy atom. The van der Waals surface area contributed by atoms with Gasteiger partial charge in [-0.25, -0.2) is 4.98 Å². The Hall–Kier alpha value is -0.980. The lowest BCUT2D eigenvalue weighted by Gasteiger charge is -2.42. The summed E-state index contributed by atoms with van der Waals surface area (Å²) in [6.07, 6.45) is 0.841. The Kier molecular flexibility index (Phi) is 4.23. The summed E-state index contributed by atoms with van der Waals surface area (Å²) in [5.74, 6) is -0.00132. The van der Waals surface area contributed by atoms with Gasteiger partial charge in [-0.05, 0) is 11.8 Å². The summed E-state index contributed by atoms with van der Waals surface area (Å²) in [6, 6.07) is 0.149. The average molecular weight is 283 g/mol. The monoisotopic (exact) mass is 283 g/mol. The molecule has 1 saturated heterocycles. The zero-order valence-corrected chi connectivity index (χ0v) is 12.5. The minimum Gasteiger partial charge on any atom is -0.378 e. The Bertz CT molecular complexity index is 458. The quantitative estimate of drug-likeness (QED) is 0.912. The molecule has 0 aliphatic carbocycles. The first-order valence-electron chi connectivity index (χ1n) is 6.42. The minimum absolute atomic E-state index is 0.00132. The smallest absolute Gasteiger partial charge is 0.273 e. The van der Waals surface area contributed by atoms with E-state index in [1.807, 2.05) is 4.90 Å². The Morgan fingerprint density at radius 2 is 2.42 bits per heavy atom. The fourth-order valence-electron chi connectivity index (χ4n) is 2.31. The Labute approximate surface area is 117 Å². The summed E-state index contributed by atoms with van der Waals surface area (Å²) >= 11 is 1.46. The number of carbonyl (C=O) groups is 1. The summed E-state index contributed by atoms with van der Waals surface area (Å²) in [5, 5.41) is 2.64. The van der Waals surface area contributed by atoms with Gasteiger partial charge in [0.05, 0.1) is 6.61 Å². The highest BCUT2D eigenvalue weighted by Gasteiger charge is 2.36. The third kappa shape index (κ3) is 3.13. The van der Waals surface area contributed by atoms with Gasteiger partial charge in [0, 0.05) is 31.6 Å². The molecule has 1 aliphatic rings. The van der Waals surface area contributed by atoms with Gasteiger partial charge in [0.15, 0.2) is 0 Å². The zero-order valence-electron chi connectivity index (χ0n) is 11.7. The third-order valence-corrected chi connectivity index (χ3v) is 4.46. The molecule has 2 rings (SSSR count). The Balaban J connectivity index is 2.07. The van der Waals surface area contributed by atoms with E-state index >= 15 is 0 Å². The highest BCUT2D eigenvalue weighted by atomic mass is 32.1. The lowest BCUT2D eigenvalue weighted by atomic mass is 9.79. The van der Waals surface area contributed by atoms with Crippen LogP contribution in [0.15, 0.2) is 5.38 Å². The van der Waals surface area contributed by atoms with Crippen LogP contribution in [0.25, 0.3) is 0 Å². The molecule has 0 saturated carbocycles. The van der Waals surface area contributed by atoms with Crippen LogP contribution in [0.2, 0.25) is 0 Å². The van der Waals surface area contributed by atoms with Crippen molar-refractivity contribution < 1.29 is 9.53 Å². The molecule has 1 unspecified atom stereocenters. The maximum Gasteiger partial charge on any atom is 0.273 e. The largest absolute Gasteiger partial charge is 0.378 e. The van der Waals surface area contributed by atoms with Crippen LogP contribution in [0.5, 0.6) is 0 Å². The normalized spacial score (nSPS) is 22.5. The number of nitrogens with two attached hydrogens (primary N) is 1.